The Balaban J connectivity index is 2.42. The number of hydrogen-bond donors (Lipinski definition) is 1. The first-order valence-electron chi connectivity index (χ1n) is 4.73. The molecule has 13 heavy (non-hydrogen) atoms. The van der Waals surface area contributed by atoms with Crippen molar-refractivity contribution in [3.8, 4) is 0 Å². The van der Waals surface area contributed by atoms with Crippen LogP contribution in [0.4, 0.5) is 0 Å². The monoisotopic (exact) mass is 243 g/mol. The van der Waals surface area contributed by atoms with Gasteiger partial charge in [-0.3, -0.25) is 4.68 Å². The lowest BCUT2D eigenvalue weighted by Gasteiger charge is -2.02. The molecule has 3 nitrogen and oxygen atoms in total. The van der Waals surface area contributed by atoms with E-state index in [0.29, 0.717) is 12.6 Å². The van der Waals surface area contributed by atoms with Gasteiger partial charge in [-0.25, -0.2) is 0 Å². The molecule has 1 fully saturated rings. The molecule has 4 heteroatoms. The standard InChI is InChI=1S/C9H14BrN3/c1-2-8-9(10)7(5-11)12-13(8)6-3-4-6/h6H,2-5,11H2,1H3. The molecule has 1 saturated carbocycles. The molecule has 0 atom stereocenters. The summed E-state index contributed by atoms with van der Waals surface area (Å²) in [7, 11) is 0. The van der Waals surface area contributed by atoms with Crippen molar-refractivity contribution in [3.05, 3.63) is 15.9 Å². The number of aromatic nitrogens is 2. The third-order valence-corrected chi connectivity index (χ3v) is 3.35. The normalized spacial score (nSPS) is 16.5. The summed E-state index contributed by atoms with van der Waals surface area (Å²) in [6.07, 6.45) is 3.56. The van der Waals surface area contributed by atoms with Gasteiger partial charge in [0.15, 0.2) is 0 Å². The van der Waals surface area contributed by atoms with E-state index in [2.05, 4.69) is 32.6 Å². The van der Waals surface area contributed by atoms with Crippen LogP contribution in [0.2, 0.25) is 0 Å². The molecule has 0 aromatic carbocycles. The summed E-state index contributed by atoms with van der Waals surface area (Å²) >= 11 is 3.56. The van der Waals surface area contributed by atoms with Gasteiger partial charge >= 0.3 is 0 Å². The average Bonchev–Trinajstić information content (AvgIpc) is 2.91. The largest absolute Gasteiger partial charge is 0.325 e. The SMILES string of the molecule is CCc1c(Br)c(CN)nn1C1CC1. The van der Waals surface area contributed by atoms with Crippen molar-refractivity contribution < 1.29 is 0 Å². The predicted octanol–water partition coefficient (Wildman–Crippen LogP) is 2.00. The third kappa shape index (κ3) is 1.53. The Bertz CT molecular complexity index is 315. The highest BCUT2D eigenvalue weighted by Crippen LogP contribution is 2.37. The Morgan fingerprint density at radius 1 is 1.62 bits per heavy atom. The second-order valence-electron chi connectivity index (χ2n) is 3.44. The quantitative estimate of drug-likeness (QED) is 0.883. The zero-order valence-corrected chi connectivity index (χ0v) is 9.34. The maximum Gasteiger partial charge on any atom is 0.0905 e. The van der Waals surface area contributed by atoms with E-state index in [9.17, 15) is 0 Å². The molecule has 0 amide bonds. The molecule has 72 valence electrons. The molecule has 0 saturated heterocycles. The van der Waals surface area contributed by atoms with Gasteiger partial charge in [-0.05, 0) is 35.2 Å². The fourth-order valence-corrected chi connectivity index (χ4v) is 2.27. The Kier molecular flexibility index (Phi) is 2.43. The van der Waals surface area contributed by atoms with Gasteiger partial charge in [0.25, 0.3) is 0 Å². The Morgan fingerprint density at radius 2 is 2.31 bits per heavy atom. The van der Waals surface area contributed by atoms with Crippen molar-refractivity contribution in [2.45, 2.75) is 38.8 Å². The lowest BCUT2D eigenvalue weighted by molar-refractivity contribution is 0.600. The first kappa shape index (κ1) is 9.21. The zero-order chi connectivity index (χ0) is 9.42. The number of hydrogen-bond acceptors (Lipinski definition) is 2. The topological polar surface area (TPSA) is 43.8 Å². The van der Waals surface area contributed by atoms with Crippen LogP contribution in [-0.2, 0) is 13.0 Å². The van der Waals surface area contributed by atoms with E-state index in [-0.39, 0.29) is 0 Å². The minimum Gasteiger partial charge on any atom is -0.325 e. The van der Waals surface area contributed by atoms with E-state index < -0.39 is 0 Å². The van der Waals surface area contributed by atoms with Crippen LogP contribution in [0.15, 0.2) is 4.47 Å². The smallest absolute Gasteiger partial charge is 0.0905 e. The molecule has 2 rings (SSSR count). The summed E-state index contributed by atoms with van der Waals surface area (Å²) in [5, 5.41) is 4.51. The van der Waals surface area contributed by atoms with Crippen LogP contribution in [-0.4, -0.2) is 9.78 Å². The third-order valence-electron chi connectivity index (χ3n) is 2.43. The molecule has 1 heterocycles. The molecule has 0 unspecified atom stereocenters. The van der Waals surface area contributed by atoms with Crippen LogP contribution < -0.4 is 5.73 Å². The maximum atomic E-state index is 5.60. The lowest BCUT2D eigenvalue weighted by Crippen LogP contribution is -2.02. The molecule has 0 radical (unpaired) electrons. The van der Waals surface area contributed by atoms with Gasteiger partial charge in [0, 0.05) is 6.54 Å². The van der Waals surface area contributed by atoms with Crippen LogP contribution >= 0.6 is 15.9 Å². The van der Waals surface area contributed by atoms with Crippen LogP contribution in [0.3, 0.4) is 0 Å². The summed E-state index contributed by atoms with van der Waals surface area (Å²) < 4.78 is 3.26. The van der Waals surface area contributed by atoms with Gasteiger partial charge in [-0.15, -0.1) is 0 Å². The number of halogens is 1. The molecule has 1 aromatic rings. The van der Waals surface area contributed by atoms with Gasteiger partial charge in [0.05, 0.1) is 21.9 Å². The van der Waals surface area contributed by atoms with Crippen LogP contribution in [0, 0.1) is 0 Å². The van der Waals surface area contributed by atoms with Crippen molar-refractivity contribution in [1.29, 1.82) is 0 Å². The number of nitrogens with zero attached hydrogens (tertiary/aromatic N) is 2. The van der Waals surface area contributed by atoms with E-state index in [1.165, 1.54) is 18.5 Å². The van der Waals surface area contributed by atoms with E-state index in [1.807, 2.05) is 0 Å². The molecular weight excluding hydrogens is 230 g/mol. The molecule has 0 aliphatic heterocycles. The van der Waals surface area contributed by atoms with Gasteiger partial charge in [0.1, 0.15) is 0 Å². The molecule has 0 spiro atoms. The number of rotatable bonds is 3. The molecule has 2 N–H and O–H groups in total. The Labute approximate surface area is 86.4 Å². The second kappa shape index (κ2) is 3.42. The molecular formula is C9H14BrN3. The minimum atomic E-state index is 0.521. The van der Waals surface area contributed by atoms with Crippen molar-refractivity contribution >= 4 is 15.9 Å². The fraction of sp³-hybridized carbons (Fsp3) is 0.667. The zero-order valence-electron chi connectivity index (χ0n) is 7.76. The van der Waals surface area contributed by atoms with Crippen molar-refractivity contribution in [3.63, 3.8) is 0 Å². The minimum absolute atomic E-state index is 0.521. The van der Waals surface area contributed by atoms with Gasteiger partial charge < -0.3 is 5.73 Å². The molecule has 1 aliphatic carbocycles. The van der Waals surface area contributed by atoms with E-state index in [1.54, 1.807) is 0 Å². The van der Waals surface area contributed by atoms with Crippen molar-refractivity contribution in [1.82, 2.24) is 9.78 Å². The van der Waals surface area contributed by atoms with Crippen LogP contribution in [0.1, 0.15) is 37.2 Å². The molecule has 0 bridgehead atoms. The molecule has 1 aliphatic rings. The highest BCUT2D eigenvalue weighted by Gasteiger charge is 2.28. The van der Waals surface area contributed by atoms with Crippen molar-refractivity contribution in [2.24, 2.45) is 5.73 Å². The molecule has 1 aromatic heterocycles. The highest BCUT2D eigenvalue weighted by atomic mass is 79.9. The summed E-state index contributed by atoms with van der Waals surface area (Å²) in [6, 6.07) is 0.645. The lowest BCUT2D eigenvalue weighted by atomic mass is 10.3. The first-order chi connectivity index (χ1) is 6.27. The first-order valence-corrected chi connectivity index (χ1v) is 5.53. The Hall–Kier alpha value is -0.350. The summed E-state index contributed by atoms with van der Waals surface area (Å²) in [6.45, 7) is 2.67. The second-order valence-corrected chi connectivity index (χ2v) is 4.23. The maximum absolute atomic E-state index is 5.60. The summed E-state index contributed by atoms with van der Waals surface area (Å²) in [4.78, 5) is 0. The van der Waals surface area contributed by atoms with Crippen molar-refractivity contribution in [2.75, 3.05) is 0 Å². The number of nitrogens with two attached hydrogens (primary N) is 1. The Morgan fingerprint density at radius 3 is 2.77 bits per heavy atom. The summed E-state index contributed by atoms with van der Waals surface area (Å²) in [5.74, 6) is 0. The predicted molar refractivity (Wildman–Crippen MR) is 55.5 cm³/mol. The fourth-order valence-electron chi connectivity index (χ4n) is 1.57. The van der Waals surface area contributed by atoms with Gasteiger partial charge in [-0.2, -0.15) is 5.10 Å². The van der Waals surface area contributed by atoms with E-state index in [4.69, 9.17) is 5.73 Å². The summed E-state index contributed by atoms with van der Waals surface area (Å²) in [5.41, 5.74) is 7.89. The van der Waals surface area contributed by atoms with Gasteiger partial charge in [0.2, 0.25) is 0 Å². The van der Waals surface area contributed by atoms with Crippen LogP contribution in [0.5, 0.6) is 0 Å². The van der Waals surface area contributed by atoms with E-state index in [0.717, 1.165) is 16.6 Å². The highest BCUT2D eigenvalue weighted by molar-refractivity contribution is 9.10. The van der Waals surface area contributed by atoms with Crippen LogP contribution in [0.25, 0.3) is 0 Å². The average molecular weight is 244 g/mol. The van der Waals surface area contributed by atoms with E-state index >= 15 is 0 Å². The van der Waals surface area contributed by atoms with Gasteiger partial charge in [-0.1, -0.05) is 6.92 Å².